The Balaban J connectivity index is 0.00000300. The highest BCUT2D eigenvalue weighted by Gasteiger charge is 2.06. The summed E-state index contributed by atoms with van der Waals surface area (Å²) in [5, 5.41) is 15.8. The number of hydrogen-bond donors (Lipinski definition) is 3. The summed E-state index contributed by atoms with van der Waals surface area (Å²) in [6.45, 7) is 6.70. The summed E-state index contributed by atoms with van der Waals surface area (Å²) in [5.74, 6) is 0.716. The number of phenols is 1. The highest BCUT2D eigenvalue weighted by Crippen LogP contribution is 2.17. The van der Waals surface area contributed by atoms with Gasteiger partial charge in [-0.25, -0.2) is 14.4 Å². The number of imidazole rings is 1. The fraction of sp³-hybridized carbons (Fsp3) is 0.333. The molecule has 0 aliphatic rings. The van der Waals surface area contributed by atoms with Crippen molar-refractivity contribution < 1.29 is 9.50 Å². The summed E-state index contributed by atoms with van der Waals surface area (Å²) in [4.78, 5) is 9.07. The minimum Gasteiger partial charge on any atom is -0.505 e. The number of aliphatic imine (C=N–C) groups is 1. The molecule has 0 amide bonds. The lowest BCUT2D eigenvalue weighted by Gasteiger charge is -2.12. The largest absolute Gasteiger partial charge is 0.505 e. The van der Waals surface area contributed by atoms with Crippen LogP contribution in [0.5, 0.6) is 5.75 Å². The number of guanidine groups is 1. The van der Waals surface area contributed by atoms with Gasteiger partial charge in [0.2, 0.25) is 0 Å². The molecule has 0 saturated carbocycles. The number of rotatable bonds is 7. The van der Waals surface area contributed by atoms with Crippen molar-refractivity contribution in [3.05, 3.63) is 59.7 Å². The van der Waals surface area contributed by atoms with E-state index in [2.05, 4.69) is 31.2 Å². The fourth-order valence-corrected chi connectivity index (χ4v) is 3.08. The van der Waals surface area contributed by atoms with Crippen LogP contribution in [0.4, 0.5) is 4.39 Å². The van der Waals surface area contributed by atoms with Gasteiger partial charge in [-0.3, -0.25) is 0 Å². The molecule has 3 N–H and O–H groups in total. The number of fused-ring (bicyclic) bond motifs is 1. The number of para-hydroxylation sites is 2. The molecular weight excluding hydrogens is 484 g/mol. The normalized spacial score (nSPS) is 11.3. The van der Waals surface area contributed by atoms with Gasteiger partial charge in [0, 0.05) is 19.6 Å². The first-order chi connectivity index (χ1) is 13.6. The van der Waals surface area contributed by atoms with Crippen molar-refractivity contribution in [3.63, 3.8) is 0 Å². The molecule has 2 aromatic carbocycles. The molecule has 29 heavy (non-hydrogen) atoms. The van der Waals surface area contributed by atoms with Crippen LogP contribution in [0.2, 0.25) is 0 Å². The Hall–Kier alpha value is -2.36. The highest BCUT2D eigenvalue weighted by molar-refractivity contribution is 14.0. The van der Waals surface area contributed by atoms with Gasteiger partial charge in [0.25, 0.3) is 0 Å². The molecule has 0 fully saturated rings. The van der Waals surface area contributed by atoms with Crippen molar-refractivity contribution >= 4 is 41.0 Å². The second-order valence-corrected chi connectivity index (χ2v) is 6.56. The van der Waals surface area contributed by atoms with Crippen molar-refractivity contribution in [1.82, 2.24) is 20.2 Å². The lowest BCUT2D eigenvalue weighted by molar-refractivity contribution is 0.432. The summed E-state index contributed by atoms with van der Waals surface area (Å²) in [6.07, 6.45) is 0.916. The molecule has 8 heteroatoms. The first kappa shape index (κ1) is 22.9. The number of benzene rings is 2. The number of phenolic OH excluding ortho intramolecular Hbond substituents is 1. The Kier molecular flexibility index (Phi) is 8.69. The van der Waals surface area contributed by atoms with Crippen LogP contribution in [0.25, 0.3) is 11.0 Å². The van der Waals surface area contributed by atoms with Crippen LogP contribution in [-0.4, -0.2) is 33.7 Å². The van der Waals surface area contributed by atoms with Gasteiger partial charge in [-0.05, 0) is 50.1 Å². The quantitative estimate of drug-likeness (QED) is 0.195. The van der Waals surface area contributed by atoms with E-state index in [0.29, 0.717) is 18.1 Å². The molecule has 0 spiro atoms. The molecule has 3 rings (SSSR count). The number of aromatic hydroxyl groups is 1. The topological polar surface area (TPSA) is 74.5 Å². The van der Waals surface area contributed by atoms with Gasteiger partial charge in [0.05, 0.1) is 17.6 Å². The highest BCUT2D eigenvalue weighted by atomic mass is 127. The van der Waals surface area contributed by atoms with Crippen LogP contribution in [0.3, 0.4) is 0 Å². The van der Waals surface area contributed by atoms with Crippen LogP contribution < -0.4 is 10.6 Å². The van der Waals surface area contributed by atoms with E-state index in [1.807, 2.05) is 32.0 Å². The Morgan fingerprint density at radius 1 is 1.21 bits per heavy atom. The minimum atomic E-state index is -0.631. The Bertz CT molecular complexity index is 973. The van der Waals surface area contributed by atoms with E-state index in [9.17, 15) is 9.50 Å². The molecule has 0 radical (unpaired) electrons. The molecule has 0 atom stereocenters. The molecule has 156 valence electrons. The summed E-state index contributed by atoms with van der Waals surface area (Å²) >= 11 is 0. The first-order valence-corrected chi connectivity index (χ1v) is 9.50. The molecule has 1 heterocycles. The number of nitrogens with zero attached hydrogens (tertiary/aromatic N) is 3. The van der Waals surface area contributed by atoms with Crippen molar-refractivity contribution in [2.24, 2.45) is 4.99 Å². The van der Waals surface area contributed by atoms with Gasteiger partial charge >= 0.3 is 0 Å². The molecule has 0 bridgehead atoms. The number of aryl methyl sites for hydroxylation is 2. The van der Waals surface area contributed by atoms with Gasteiger partial charge in [-0.1, -0.05) is 18.2 Å². The van der Waals surface area contributed by atoms with Gasteiger partial charge < -0.3 is 20.3 Å². The fourth-order valence-electron chi connectivity index (χ4n) is 3.08. The second kappa shape index (κ2) is 11.0. The van der Waals surface area contributed by atoms with Gasteiger partial charge in [-0.15, -0.1) is 24.0 Å². The average Bonchev–Trinajstić information content (AvgIpc) is 3.01. The molecule has 0 aliphatic carbocycles. The summed E-state index contributed by atoms with van der Waals surface area (Å²) in [7, 11) is 0. The van der Waals surface area contributed by atoms with E-state index in [0.717, 1.165) is 42.9 Å². The maximum Gasteiger partial charge on any atom is 0.191 e. The monoisotopic (exact) mass is 511 g/mol. The van der Waals surface area contributed by atoms with Crippen LogP contribution >= 0.6 is 24.0 Å². The lowest BCUT2D eigenvalue weighted by atomic mass is 10.2. The maximum absolute atomic E-state index is 13.4. The molecule has 3 aromatic rings. The Morgan fingerprint density at radius 3 is 2.76 bits per heavy atom. The molecule has 0 aliphatic heterocycles. The lowest BCUT2D eigenvalue weighted by Crippen LogP contribution is -2.38. The zero-order chi connectivity index (χ0) is 19.9. The molecule has 6 nitrogen and oxygen atoms in total. The number of halogens is 2. The van der Waals surface area contributed by atoms with E-state index in [-0.39, 0.29) is 29.7 Å². The number of hydrogen-bond acceptors (Lipinski definition) is 3. The summed E-state index contributed by atoms with van der Waals surface area (Å²) in [6, 6.07) is 12.5. The van der Waals surface area contributed by atoms with E-state index in [1.165, 1.54) is 12.1 Å². The van der Waals surface area contributed by atoms with Crippen LogP contribution in [0.15, 0.2) is 47.5 Å². The van der Waals surface area contributed by atoms with E-state index < -0.39 is 5.82 Å². The summed E-state index contributed by atoms with van der Waals surface area (Å²) < 4.78 is 15.7. The predicted molar refractivity (Wildman–Crippen MR) is 125 cm³/mol. The minimum absolute atomic E-state index is 0. The molecule has 1 aromatic heterocycles. The Labute approximate surface area is 187 Å². The van der Waals surface area contributed by atoms with Crippen molar-refractivity contribution in [2.75, 3.05) is 13.1 Å². The third kappa shape index (κ3) is 6.06. The van der Waals surface area contributed by atoms with Gasteiger partial charge in [0.1, 0.15) is 5.82 Å². The number of aromatic nitrogens is 2. The van der Waals surface area contributed by atoms with Gasteiger partial charge in [-0.2, -0.15) is 0 Å². The van der Waals surface area contributed by atoms with Crippen molar-refractivity contribution in [1.29, 1.82) is 0 Å². The molecule has 0 saturated heterocycles. The average molecular weight is 511 g/mol. The maximum atomic E-state index is 13.4. The van der Waals surface area contributed by atoms with Gasteiger partial charge in [0.15, 0.2) is 17.5 Å². The van der Waals surface area contributed by atoms with E-state index in [1.54, 1.807) is 6.07 Å². The third-order valence-electron chi connectivity index (χ3n) is 4.47. The van der Waals surface area contributed by atoms with E-state index in [4.69, 9.17) is 0 Å². The van der Waals surface area contributed by atoms with Crippen LogP contribution in [0.1, 0.15) is 24.7 Å². The zero-order valence-electron chi connectivity index (χ0n) is 16.7. The smallest absolute Gasteiger partial charge is 0.191 e. The predicted octanol–water partition coefficient (Wildman–Crippen LogP) is 3.95. The second-order valence-electron chi connectivity index (χ2n) is 6.56. The molecular formula is C21H27FIN5O. The first-order valence-electron chi connectivity index (χ1n) is 9.50. The number of nitrogens with one attached hydrogen (secondary N) is 2. The van der Waals surface area contributed by atoms with Crippen molar-refractivity contribution in [2.45, 2.75) is 33.4 Å². The third-order valence-corrected chi connectivity index (χ3v) is 4.47. The van der Waals surface area contributed by atoms with Crippen LogP contribution in [0, 0.1) is 12.7 Å². The van der Waals surface area contributed by atoms with Crippen LogP contribution in [-0.2, 0) is 13.1 Å². The van der Waals surface area contributed by atoms with E-state index >= 15 is 0 Å². The standard InChI is InChI=1S/C21H26FN5O.HI/c1-3-23-21(25-14-16-9-10-20(28)17(22)13-16)24-11-6-12-27-15(2)26-18-7-4-5-8-19(18)27;/h4-5,7-10,13,28H,3,6,11-12,14H2,1-2H3,(H2,23,24,25);1H. The summed E-state index contributed by atoms with van der Waals surface area (Å²) in [5.41, 5.74) is 2.87. The molecule has 0 unspecified atom stereocenters. The SMILES string of the molecule is CCNC(=NCc1ccc(O)c(F)c1)NCCCn1c(C)nc2ccccc21.I. The Morgan fingerprint density at radius 2 is 2.00 bits per heavy atom. The zero-order valence-corrected chi connectivity index (χ0v) is 19.0. The van der Waals surface area contributed by atoms with Crippen molar-refractivity contribution in [3.8, 4) is 5.75 Å².